The van der Waals surface area contributed by atoms with E-state index in [-0.39, 0.29) is 11.1 Å². The summed E-state index contributed by atoms with van der Waals surface area (Å²) in [6.45, 7) is 2.09. The maximum Gasteiger partial charge on any atom is 0.145 e. The molecule has 0 unspecified atom stereocenters. The zero-order valence-corrected chi connectivity index (χ0v) is 16.5. The molecule has 3 rings (SSSR count). The first-order valence-corrected chi connectivity index (χ1v) is 9.42. The van der Waals surface area contributed by atoms with Gasteiger partial charge >= 0.3 is 0 Å². The normalized spacial score (nSPS) is 9.81. The predicted octanol–water partition coefficient (Wildman–Crippen LogP) is 5.87. The Balaban J connectivity index is 1.86. The van der Waals surface area contributed by atoms with Crippen molar-refractivity contribution in [3.05, 3.63) is 105 Å². The second kappa shape index (κ2) is 9.66. The minimum atomic E-state index is -1.10. The van der Waals surface area contributed by atoms with Gasteiger partial charge in [-0.15, -0.1) is 0 Å². The van der Waals surface area contributed by atoms with Gasteiger partial charge in [-0.3, -0.25) is 0 Å². The van der Waals surface area contributed by atoms with E-state index in [1.54, 1.807) is 0 Å². The maximum atomic E-state index is 14.4. The number of rotatable bonds is 2. The van der Waals surface area contributed by atoms with Crippen LogP contribution in [-0.4, -0.2) is 0 Å². The molecule has 0 atom stereocenters. The van der Waals surface area contributed by atoms with Crippen molar-refractivity contribution < 1.29 is 17.6 Å². The van der Waals surface area contributed by atoms with Gasteiger partial charge in [0.05, 0.1) is 5.56 Å². The summed E-state index contributed by atoms with van der Waals surface area (Å²) < 4.78 is 56.0. The van der Waals surface area contributed by atoms with E-state index < -0.39 is 34.4 Å². The number of benzene rings is 3. The molecule has 0 fully saturated rings. The van der Waals surface area contributed by atoms with Gasteiger partial charge in [-0.1, -0.05) is 49.2 Å². The quantitative estimate of drug-likeness (QED) is 0.378. The van der Waals surface area contributed by atoms with E-state index >= 15 is 0 Å². The molecule has 0 aliphatic carbocycles. The molecule has 3 aromatic rings. The summed E-state index contributed by atoms with van der Waals surface area (Å²) in [6.07, 6.45) is 2.00. The van der Waals surface area contributed by atoms with Gasteiger partial charge in [0, 0.05) is 16.7 Å². The predicted molar refractivity (Wildman–Crippen MR) is 110 cm³/mol. The molecule has 0 radical (unpaired) electrons. The summed E-state index contributed by atoms with van der Waals surface area (Å²) in [5, 5.41) is 8.67. The fraction of sp³-hybridized carbons (Fsp3) is 0.115. The molecule has 0 bridgehead atoms. The largest absolute Gasteiger partial charge is 0.205 e. The van der Waals surface area contributed by atoms with Crippen LogP contribution in [-0.2, 0) is 6.42 Å². The van der Waals surface area contributed by atoms with E-state index in [9.17, 15) is 17.6 Å². The SMILES string of the molecule is CCCc1ccc(C#Cc2cc(F)c(C#Cc3cc(F)c(C#N)c(F)c3)c(F)c2)cc1. The Kier molecular flexibility index (Phi) is 6.76. The second-order valence-electron chi connectivity index (χ2n) is 6.69. The van der Waals surface area contributed by atoms with Crippen molar-refractivity contribution in [3.63, 3.8) is 0 Å². The third-order valence-electron chi connectivity index (χ3n) is 4.37. The minimum Gasteiger partial charge on any atom is -0.205 e. The van der Waals surface area contributed by atoms with Crippen molar-refractivity contribution in [2.45, 2.75) is 19.8 Å². The molecule has 0 heterocycles. The Hall–Kier alpha value is -4.01. The van der Waals surface area contributed by atoms with Crippen LogP contribution < -0.4 is 0 Å². The number of nitrogens with zero attached hydrogens (tertiary/aromatic N) is 1. The van der Waals surface area contributed by atoms with Gasteiger partial charge < -0.3 is 0 Å². The smallest absolute Gasteiger partial charge is 0.145 e. The standard InChI is InChI=1S/C26H15F4N/c1-2-3-17-4-6-18(7-5-17)8-9-19-12-23(27)21(24(28)13-19)11-10-20-14-25(29)22(16-31)26(30)15-20/h4-7,12-15H,2-3H2,1H3. The van der Waals surface area contributed by atoms with Gasteiger partial charge in [-0.25, -0.2) is 17.6 Å². The highest BCUT2D eigenvalue weighted by Gasteiger charge is 2.11. The molecule has 3 aromatic carbocycles. The number of hydrogen-bond donors (Lipinski definition) is 0. The maximum absolute atomic E-state index is 14.4. The minimum absolute atomic E-state index is 0.133. The summed E-state index contributed by atoms with van der Waals surface area (Å²) in [5.74, 6) is 6.06. The van der Waals surface area contributed by atoms with E-state index in [0.717, 1.165) is 42.7 Å². The van der Waals surface area contributed by atoms with Crippen molar-refractivity contribution in [2.24, 2.45) is 0 Å². The van der Waals surface area contributed by atoms with Crippen LogP contribution in [0.1, 0.15) is 46.7 Å². The molecule has 31 heavy (non-hydrogen) atoms. The Morgan fingerprint density at radius 1 is 0.645 bits per heavy atom. The molecular formula is C26H15F4N. The lowest BCUT2D eigenvalue weighted by atomic mass is 10.1. The van der Waals surface area contributed by atoms with Crippen molar-refractivity contribution in [1.29, 1.82) is 5.26 Å². The van der Waals surface area contributed by atoms with E-state index in [1.165, 1.54) is 11.6 Å². The van der Waals surface area contributed by atoms with Gasteiger partial charge in [-0.05, 0) is 48.4 Å². The van der Waals surface area contributed by atoms with Crippen LogP contribution in [0.15, 0.2) is 48.5 Å². The van der Waals surface area contributed by atoms with E-state index in [0.29, 0.717) is 0 Å². The van der Waals surface area contributed by atoms with Gasteiger partial charge in [-0.2, -0.15) is 5.26 Å². The van der Waals surface area contributed by atoms with Crippen molar-refractivity contribution in [3.8, 4) is 29.8 Å². The third-order valence-corrected chi connectivity index (χ3v) is 4.37. The van der Waals surface area contributed by atoms with Gasteiger partial charge in [0.1, 0.15) is 34.9 Å². The first kappa shape index (κ1) is 21.7. The van der Waals surface area contributed by atoms with Crippen molar-refractivity contribution in [1.82, 2.24) is 0 Å². The molecule has 0 aliphatic heterocycles. The van der Waals surface area contributed by atoms with Crippen LogP contribution in [0.2, 0.25) is 0 Å². The number of hydrogen-bond acceptors (Lipinski definition) is 1. The molecule has 0 saturated heterocycles. The zero-order chi connectivity index (χ0) is 22.4. The number of aryl methyl sites for hydroxylation is 1. The second-order valence-corrected chi connectivity index (χ2v) is 6.69. The Labute approximate surface area is 178 Å². The Morgan fingerprint density at radius 2 is 1.10 bits per heavy atom. The van der Waals surface area contributed by atoms with Gasteiger partial charge in [0.2, 0.25) is 0 Å². The highest BCUT2D eigenvalue weighted by atomic mass is 19.1. The summed E-state index contributed by atoms with van der Waals surface area (Å²) in [7, 11) is 0. The first-order chi connectivity index (χ1) is 14.9. The van der Waals surface area contributed by atoms with Crippen LogP contribution in [0.25, 0.3) is 0 Å². The van der Waals surface area contributed by atoms with Crippen LogP contribution in [0, 0.1) is 58.3 Å². The molecule has 152 valence electrons. The van der Waals surface area contributed by atoms with E-state index in [2.05, 4.69) is 30.6 Å². The molecular weight excluding hydrogens is 402 g/mol. The van der Waals surface area contributed by atoms with Crippen LogP contribution in [0.3, 0.4) is 0 Å². The lowest BCUT2D eigenvalue weighted by molar-refractivity contribution is 0.576. The van der Waals surface area contributed by atoms with Crippen LogP contribution >= 0.6 is 0 Å². The molecule has 5 heteroatoms. The molecule has 0 aliphatic rings. The number of nitriles is 1. The van der Waals surface area contributed by atoms with Gasteiger partial charge in [0.25, 0.3) is 0 Å². The highest BCUT2D eigenvalue weighted by molar-refractivity contribution is 5.50. The third kappa shape index (κ3) is 5.33. The summed E-state index contributed by atoms with van der Waals surface area (Å²) in [6, 6.07) is 12.8. The average molecular weight is 417 g/mol. The van der Waals surface area contributed by atoms with Crippen molar-refractivity contribution in [2.75, 3.05) is 0 Å². The number of halogens is 4. The fourth-order valence-corrected chi connectivity index (χ4v) is 2.84. The molecule has 0 N–H and O–H groups in total. The van der Waals surface area contributed by atoms with Crippen LogP contribution in [0.5, 0.6) is 0 Å². The molecule has 0 amide bonds. The monoisotopic (exact) mass is 417 g/mol. The summed E-state index contributed by atoms with van der Waals surface area (Å²) in [4.78, 5) is 0. The Bertz CT molecular complexity index is 1250. The van der Waals surface area contributed by atoms with Crippen LogP contribution in [0.4, 0.5) is 17.6 Å². The van der Waals surface area contributed by atoms with E-state index in [4.69, 9.17) is 5.26 Å². The molecule has 0 aromatic heterocycles. The molecule has 0 spiro atoms. The van der Waals surface area contributed by atoms with Crippen molar-refractivity contribution >= 4 is 0 Å². The Morgan fingerprint density at radius 3 is 1.58 bits per heavy atom. The van der Waals surface area contributed by atoms with Gasteiger partial charge in [0.15, 0.2) is 0 Å². The summed E-state index contributed by atoms with van der Waals surface area (Å²) >= 11 is 0. The van der Waals surface area contributed by atoms with E-state index in [1.807, 2.05) is 24.3 Å². The zero-order valence-electron chi connectivity index (χ0n) is 16.5. The highest BCUT2D eigenvalue weighted by Crippen LogP contribution is 2.17. The fourth-order valence-electron chi connectivity index (χ4n) is 2.84. The topological polar surface area (TPSA) is 23.8 Å². The lowest BCUT2D eigenvalue weighted by Crippen LogP contribution is -1.94. The molecule has 0 saturated carbocycles. The first-order valence-electron chi connectivity index (χ1n) is 9.42. The lowest BCUT2D eigenvalue weighted by Gasteiger charge is -2.00. The summed E-state index contributed by atoms with van der Waals surface area (Å²) in [5.41, 5.74) is 0.604. The average Bonchev–Trinajstić information content (AvgIpc) is 2.73. The molecule has 1 nitrogen and oxygen atoms in total.